The zero-order chi connectivity index (χ0) is 24.2. The van der Waals surface area contributed by atoms with E-state index in [9.17, 15) is 14.4 Å². The van der Waals surface area contributed by atoms with Crippen LogP contribution in [0.4, 0.5) is 0 Å². The number of carbonyl (C=O) groups excluding carboxylic acids is 3. The summed E-state index contributed by atoms with van der Waals surface area (Å²) in [6, 6.07) is 6.17. The molecule has 0 bridgehead atoms. The second-order valence-electron chi connectivity index (χ2n) is 8.43. The first-order chi connectivity index (χ1) is 15.0. The van der Waals surface area contributed by atoms with Crippen LogP contribution in [0.2, 0.25) is 0 Å². The molecule has 0 fully saturated rings. The van der Waals surface area contributed by atoms with E-state index in [4.69, 9.17) is 9.47 Å². The van der Waals surface area contributed by atoms with Crippen molar-refractivity contribution in [2.45, 2.75) is 47.1 Å². The van der Waals surface area contributed by atoms with E-state index in [1.54, 1.807) is 68.7 Å². The Hall–Kier alpha value is -3.09. The SMILES string of the molecule is COC(=O)c1c(C)c(C(=O)C(C)N(CCC(C)C)C(=O)c2ccc(OC)cc2)c(C)n1C. The highest BCUT2D eigenvalue weighted by Crippen LogP contribution is 2.25. The van der Waals surface area contributed by atoms with Gasteiger partial charge in [-0.05, 0) is 62.9 Å². The lowest BCUT2D eigenvalue weighted by Crippen LogP contribution is -2.44. The largest absolute Gasteiger partial charge is 0.497 e. The number of carbonyl (C=O) groups is 3. The van der Waals surface area contributed by atoms with Crippen molar-refractivity contribution >= 4 is 17.7 Å². The molecule has 1 aromatic carbocycles. The molecule has 1 heterocycles. The van der Waals surface area contributed by atoms with Crippen molar-refractivity contribution in [3.63, 3.8) is 0 Å². The number of ketones is 1. The third kappa shape index (κ3) is 5.03. The van der Waals surface area contributed by atoms with Crippen LogP contribution in [0, 0.1) is 19.8 Å². The highest BCUT2D eigenvalue weighted by Gasteiger charge is 2.32. The summed E-state index contributed by atoms with van der Waals surface area (Å²) >= 11 is 0. The number of hydrogen-bond acceptors (Lipinski definition) is 5. The van der Waals surface area contributed by atoms with E-state index in [0.717, 1.165) is 6.42 Å². The fourth-order valence-electron chi connectivity index (χ4n) is 3.84. The lowest BCUT2D eigenvalue weighted by atomic mass is 9.98. The lowest BCUT2D eigenvalue weighted by Gasteiger charge is -2.29. The number of hydrogen-bond donors (Lipinski definition) is 0. The molecule has 2 rings (SSSR count). The van der Waals surface area contributed by atoms with Gasteiger partial charge in [-0.3, -0.25) is 9.59 Å². The molecule has 0 N–H and O–H groups in total. The van der Waals surface area contributed by atoms with Crippen LogP contribution in [0.3, 0.4) is 0 Å². The van der Waals surface area contributed by atoms with Crippen LogP contribution in [0.25, 0.3) is 0 Å². The summed E-state index contributed by atoms with van der Waals surface area (Å²) in [6.07, 6.45) is 0.764. The number of ether oxygens (including phenoxy) is 2. The first-order valence-electron chi connectivity index (χ1n) is 10.8. The second-order valence-corrected chi connectivity index (χ2v) is 8.43. The summed E-state index contributed by atoms with van der Waals surface area (Å²) in [5.41, 5.74) is 2.52. The molecule has 32 heavy (non-hydrogen) atoms. The minimum Gasteiger partial charge on any atom is -0.497 e. The maximum absolute atomic E-state index is 13.6. The predicted molar refractivity (Wildman–Crippen MR) is 124 cm³/mol. The van der Waals surface area contributed by atoms with Gasteiger partial charge in [0.2, 0.25) is 0 Å². The molecule has 0 aliphatic heterocycles. The molecule has 0 aliphatic carbocycles. The standard InChI is InChI=1S/C25H34N2O5/c1-15(2)13-14-27(24(29)19-9-11-20(31-7)12-10-19)18(5)23(28)21-16(3)22(25(30)32-8)26(6)17(21)4/h9-12,15,18H,13-14H2,1-8H3. The Morgan fingerprint density at radius 2 is 1.62 bits per heavy atom. The van der Waals surface area contributed by atoms with Gasteiger partial charge in [0.25, 0.3) is 5.91 Å². The molecule has 0 radical (unpaired) electrons. The van der Waals surface area contributed by atoms with E-state index in [-0.39, 0.29) is 11.7 Å². The average Bonchev–Trinajstić information content (AvgIpc) is 3.00. The maximum atomic E-state index is 13.6. The van der Waals surface area contributed by atoms with Gasteiger partial charge in [0.15, 0.2) is 5.78 Å². The van der Waals surface area contributed by atoms with Crippen LogP contribution in [0.1, 0.15) is 69.7 Å². The van der Waals surface area contributed by atoms with Crippen molar-refractivity contribution < 1.29 is 23.9 Å². The third-order valence-electron chi connectivity index (χ3n) is 5.95. The highest BCUT2D eigenvalue weighted by molar-refractivity contribution is 6.07. The van der Waals surface area contributed by atoms with Gasteiger partial charge in [-0.15, -0.1) is 0 Å². The van der Waals surface area contributed by atoms with Crippen molar-refractivity contribution in [2.75, 3.05) is 20.8 Å². The number of esters is 1. The first-order valence-corrected chi connectivity index (χ1v) is 10.8. The molecule has 174 valence electrons. The van der Waals surface area contributed by atoms with Gasteiger partial charge in [-0.25, -0.2) is 4.79 Å². The summed E-state index contributed by atoms with van der Waals surface area (Å²) < 4.78 is 11.7. The molecule has 0 saturated carbocycles. The maximum Gasteiger partial charge on any atom is 0.354 e. The van der Waals surface area contributed by atoms with Crippen molar-refractivity contribution in [1.82, 2.24) is 9.47 Å². The molecular weight excluding hydrogens is 408 g/mol. The van der Waals surface area contributed by atoms with E-state index in [1.807, 2.05) is 0 Å². The summed E-state index contributed by atoms with van der Waals surface area (Å²) in [4.78, 5) is 40.8. The first kappa shape index (κ1) is 25.2. The number of benzene rings is 1. The Morgan fingerprint density at radius 1 is 1.03 bits per heavy atom. The molecule has 7 nitrogen and oxygen atoms in total. The molecule has 2 aromatic rings. The van der Waals surface area contributed by atoms with Crippen LogP contribution >= 0.6 is 0 Å². The normalized spacial score (nSPS) is 11.9. The molecule has 1 amide bonds. The van der Waals surface area contributed by atoms with E-state index in [1.165, 1.54) is 7.11 Å². The molecule has 1 atom stereocenters. The van der Waals surface area contributed by atoms with Gasteiger partial charge in [0.05, 0.1) is 20.3 Å². The van der Waals surface area contributed by atoms with Crippen molar-refractivity contribution in [2.24, 2.45) is 13.0 Å². The fraction of sp³-hybridized carbons (Fsp3) is 0.480. The van der Waals surface area contributed by atoms with Gasteiger partial charge in [0, 0.05) is 30.4 Å². The van der Waals surface area contributed by atoms with Gasteiger partial charge in [-0.1, -0.05) is 13.8 Å². The molecule has 0 spiro atoms. The van der Waals surface area contributed by atoms with Crippen LogP contribution in [0.15, 0.2) is 24.3 Å². The molecule has 1 aromatic heterocycles. The Kier molecular flexibility index (Phi) is 8.25. The fourth-order valence-corrected chi connectivity index (χ4v) is 3.84. The number of rotatable bonds is 9. The zero-order valence-electron chi connectivity index (χ0n) is 20.3. The van der Waals surface area contributed by atoms with Crippen LogP contribution in [-0.2, 0) is 11.8 Å². The topological polar surface area (TPSA) is 77.8 Å². The Balaban J connectivity index is 2.45. The Bertz CT molecular complexity index is 989. The summed E-state index contributed by atoms with van der Waals surface area (Å²) in [5, 5.41) is 0. The van der Waals surface area contributed by atoms with E-state index in [2.05, 4.69) is 13.8 Å². The number of amides is 1. The predicted octanol–water partition coefficient (Wildman–Crippen LogP) is 4.20. The number of methoxy groups -OCH3 is 2. The summed E-state index contributed by atoms with van der Waals surface area (Å²) in [5.74, 6) is 0.121. The van der Waals surface area contributed by atoms with Crippen molar-refractivity contribution in [1.29, 1.82) is 0 Å². The Morgan fingerprint density at radius 3 is 2.12 bits per heavy atom. The van der Waals surface area contributed by atoms with Crippen molar-refractivity contribution in [3.05, 3.63) is 52.3 Å². The van der Waals surface area contributed by atoms with E-state index >= 15 is 0 Å². The molecular formula is C25H34N2O5. The number of nitrogens with zero attached hydrogens (tertiary/aromatic N) is 2. The van der Waals surface area contributed by atoms with Crippen molar-refractivity contribution in [3.8, 4) is 5.75 Å². The second kappa shape index (κ2) is 10.5. The van der Waals surface area contributed by atoms with E-state index in [0.29, 0.717) is 46.3 Å². The highest BCUT2D eigenvalue weighted by atomic mass is 16.5. The molecule has 0 aliphatic rings. The molecule has 1 unspecified atom stereocenters. The average molecular weight is 443 g/mol. The molecule has 7 heteroatoms. The van der Waals surface area contributed by atoms with Gasteiger partial charge < -0.3 is 18.9 Å². The minimum absolute atomic E-state index is 0.198. The number of aromatic nitrogens is 1. The summed E-state index contributed by atoms with van der Waals surface area (Å²) in [7, 11) is 4.62. The van der Waals surface area contributed by atoms with E-state index < -0.39 is 12.0 Å². The smallest absolute Gasteiger partial charge is 0.354 e. The number of Topliss-reactive ketones (excluding diaryl/α,β-unsaturated/α-hetero) is 1. The molecule has 0 saturated heterocycles. The Labute approximate surface area is 190 Å². The summed E-state index contributed by atoms with van der Waals surface area (Å²) in [6.45, 7) is 9.89. The van der Waals surface area contributed by atoms with Crippen LogP contribution in [0.5, 0.6) is 5.75 Å². The minimum atomic E-state index is -0.700. The van der Waals surface area contributed by atoms with Gasteiger partial charge in [-0.2, -0.15) is 0 Å². The monoisotopic (exact) mass is 442 g/mol. The zero-order valence-corrected chi connectivity index (χ0v) is 20.3. The van der Waals surface area contributed by atoms with Gasteiger partial charge in [0.1, 0.15) is 11.4 Å². The van der Waals surface area contributed by atoms with Crippen LogP contribution in [-0.4, -0.2) is 53.9 Å². The quantitative estimate of drug-likeness (QED) is 0.430. The lowest BCUT2D eigenvalue weighted by molar-refractivity contribution is 0.0587. The van der Waals surface area contributed by atoms with Gasteiger partial charge >= 0.3 is 5.97 Å². The third-order valence-corrected chi connectivity index (χ3v) is 5.95. The van der Waals surface area contributed by atoms with Crippen LogP contribution < -0.4 is 4.74 Å².